The van der Waals surface area contributed by atoms with Gasteiger partial charge in [-0.05, 0) is 42.9 Å². The first-order valence-corrected chi connectivity index (χ1v) is 5.47. The molecule has 1 saturated carbocycles. The number of carbonyl (C=O) groups is 1. The molecule has 2 atom stereocenters. The summed E-state index contributed by atoms with van der Waals surface area (Å²) in [4.78, 5) is 10.6. The lowest BCUT2D eigenvalue weighted by Crippen LogP contribution is -2.15. The lowest BCUT2D eigenvalue weighted by atomic mass is 9.95. The number of aromatic carboxylic acids is 1. The van der Waals surface area contributed by atoms with Crippen molar-refractivity contribution >= 4 is 5.97 Å². The Hall–Kier alpha value is -1.49. The highest BCUT2D eigenvalue weighted by Gasteiger charge is 2.27. The van der Waals surface area contributed by atoms with Gasteiger partial charge in [-0.1, -0.05) is 0 Å². The molecule has 1 aliphatic rings. The first-order chi connectivity index (χ1) is 7.99. The SMILES string of the molecule is NC1CCC(c2cc(F)c(C(=O)O)cc2F)C1. The molecule has 1 aromatic carbocycles. The van der Waals surface area contributed by atoms with Gasteiger partial charge in [0.05, 0.1) is 5.56 Å². The summed E-state index contributed by atoms with van der Waals surface area (Å²) in [7, 11) is 0. The molecule has 0 aromatic heterocycles. The number of hydrogen-bond acceptors (Lipinski definition) is 2. The van der Waals surface area contributed by atoms with E-state index in [-0.39, 0.29) is 17.5 Å². The Morgan fingerprint density at radius 1 is 1.29 bits per heavy atom. The van der Waals surface area contributed by atoms with E-state index in [1.54, 1.807) is 0 Å². The number of hydrogen-bond donors (Lipinski definition) is 2. The molecule has 92 valence electrons. The maximum absolute atomic E-state index is 13.7. The zero-order valence-corrected chi connectivity index (χ0v) is 9.12. The van der Waals surface area contributed by atoms with Crippen LogP contribution in [-0.4, -0.2) is 17.1 Å². The minimum absolute atomic E-state index is 0.0154. The highest BCUT2D eigenvalue weighted by molar-refractivity contribution is 5.88. The third kappa shape index (κ3) is 2.29. The van der Waals surface area contributed by atoms with Crippen molar-refractivity contribution in [2.45, 2.75) is 31.2 Å². The van der Waals surface area contributed by atoms with Gasteiger partial charge in [0.2, 0.25) is 0 Å². The number of halogens is 2. The first kappa shape index (κ1) is 12.0. The van der Waals surface area contributed by atoms with E-state index in [9.17, 15) is 13.6 Å². The van der Waals surface area contributed by atoms with Crippen molar-refractivity contribution in [1.82, 2.24) is 0 Å². The third-order valence-corrected chi connectivity index (χ3v) is 3.23. The Morgan fingerprint density at radius 2 is 2.00 bits per heavy atom. The van der Waals surface area contributed by atoms with E-state index in [1.165, 1.54) is 0 Å². The average molecular weight is 241 g/mol. The van der Waals surface area contributed by atoms with Crippen molar-refractivity contribution in [2.75, 3.05) is 0 Å². The largest absolute Gasteiger partial charge is 0.478 e. The van der Waals surface area contributed by atoms with Crippen LogP contribution < -0.4 is 5.73 Å². The van der Waals surface area contributed by atoms with Crippen LogP contribution in [0, 0.1) is 11.6 Å². The van der Waals surface area contributed by atoms with E-state index in [0.29, 0.717) is 12.8 Å². The summed E-state index contributed by atoms with van der Waals surface area (Å²) in [5, 5.41) is 8.66. The van der Waals surface area contributed by atoms with Gasteiger partial charge in [0, 0.05) is 6.04 Å². The van der Waals surface area contributed by atoms with Gasteiger partial charge >= 0.3 is 5.97 Å². The van der Waals surface area contributed by atoms with E-state index in [4.69, 9.17) is 10.8 Å². The molecule has 0 spiro atoms. The van der Waals surface area contributed by atoms with Crippen LogP contribution in [-0.2, 0) is 0 Å². The molecule has 0 heterocycles. The zero-order chi connectivity index (χ0) is 12.6. The molecule has 1 aromatic rings. The molecule has 0 bridgehead atoms. The van der Waals surface area contributed by atoms with Crippen LogP contribution in [0.2, 0.25) is 0 Å². The van der Waals surface area contributed by atoms with Crippen molar-refractivity contribution in [2.24, 2.45) is 5.73 Å². The van der Waals surface area contributed by atoms with E-state index >= 15 is 0 Å². The summed E-state index contributed by atoms with van der Waals surface area (Å²) >= 11 is 0. The van der Waals surface area contributed by atoms with E-state index in [0.717, 1.165) is 18.6 Å². The van der Waals surface area contributed by atoms with Gasteiger partial charge in [-0.15, -0.1) is 0 Å². The summed E-state index contributed by atoms with van der Waals surface area (Å²) in [6, 6.07) is 1.75. The van der Waals surface area contributed by atoms with E-state index < -0.39 is 23.2 Å². The van der Waals surface area contributed by atoms with Crippen LogP contribution in [0.15, 0.2) is 12.1 Å². The molecule has 0 radical (unpaired) electrons. The quantitative estimate of drug-likeness (QED) is 0.834. The minimum atomic E-state index is -1.46. The summed E-state index contributed by atoms with van der Waals surface area (Å²) in [5.74, 6) is -3.13. The normalized spacial score (nSPS) is 23.9. The van der Waals surface area contributed by atoms with Crippen molar-refractivity contribution in [3.05, 3.63) is 34.9 Å². The van der Waals surface area contributed by atoms with Crippen LogP contribution in [0.3, 0.4) is 0 Å². The van der Waals surface area contributed by atoms with E-state index in [1.807, 2.05) is 0 Å². The van der Waals surface area contributed by atoms with Gasteiger partial charge in [-0.25, -0.2) is 13.6 Å². The molecule has 0 saturated heterocycles. The van der Waals surface area contributed by atoms with Gasteiger partial charge in [0.25, 0.3) is 0 Å². The van der Waals surface area contributed by atoms with Gasteiger partial charge in [-0.3, -0.25) is 0 Å². The Bertz CT molecular complexity index is 462. The molecular formula is C12H13F2NO2. The van der Waals surface area contributed by atoms with Gasteiger partial charge in [-0.2, -0.15) is 0 Å². The zero-order valence-electron chi connectivity index (χ0n) is 9.12. The van der Waals surface area contributed by atoms with Gasteiger partial charge < -0.3 is 10.8 Å². The van der Waals surface area contributed by atoms with Crippen molar-refractivity contribution in [3.8, 4) is 0 Å². The van der Waals surface area contributed by atoms with Crippen LogP contribution in [0.25, 0.3) is 0 Å². The van der Waals surface area contributed by atoms with Crippen LogP contribution in [0.4, 0.5) is 8.78 Å². The second-order valence-corrected chi connectivity index (χ2v) is 4.43. The Labute approximate surface area is 97.2 Å². The number of nitrogens with two attached hydrogens (primary N) is 1. The number of rotatable bonds is 2. The minimum Gasteiger partial charge on any atom is -0.478 e. The summed E-state index contributed by atoms with van der Waals surface area (Å²) in [6.45, 7) is 0. The molecule has 3 N–H and O–H groups in total. The summed E-state index contributed by atoms with van der Waals surface area (Å²) < 4.78 is 27.2. The monoisotopic (exact) mass is 241 g/mol. The third-order valence-electron chi connectivity index (χ3n) is 3.23. The average Bonchev–Trinajstić information content (AvgIpc) is 2.67. The second-order valence-electron chi connectivity index (χ2n) is 4.43. The molecule has 5 heteroatoms. The fourth-order valence-electron chi connectivity index (χ4n) is 2.34. The Morgan fingerprint density at radius 3 is 2.53 bits per heavy atom. The van der Waals surface area contributed by atoms with Crippen molar-refractivity contribution in [3.63, 3.8) is 0 Å². The molecule has 1 fully saturated rings. The van der Waals surface area contributed by atoms with Crippen LogP contribution >= 0.6 is 0 Å². The molecule has 0 aliphatic heterocycles. The standard InChI is InChI=1S/C12H13F2NO2/c13-10-5-9(12(16)17)11(14)4-8(10)6-1-2-7(15)3-6/h4-7H,1-3,15H2,(H,16,17). The Kier molecular flexibility index (Phi) is 3.11. The predicted octanol–water partition coefficient (Wildman–Crippen LogP) is 2.26. The first-order valence-electron chi connectivity index (χ1n) is 5.47. The molecule has 3 nitrogen and oxygen atoms in total. The fourth-order valence-corrected chi connectivity index (χ4v) is 2.34. The van der Waals surface area contributed by atoms with E-state index in [2.05, 4.69) is 0 Å². The Balaban J connectivity index is 2.36. The maximum Gasteiger partial charge on any atom is 0.338 e. The molecular weight excluding hydrogens is 228 g/mol. The van der Waals surface area contributed by atoms with Crippen LogP contribution in [0.1, 0.15) is 41.1 Å². The molecule has 2 unspecified atom stereocenters. The van der Waals surface area contributed by atoms with Crippen molar-refractivity contribution < 1.29 is 18.7 Å². The number of carboxylic acids is 1. The second kappa shape index (κ2) is 4.41. The number of benzene rings is 1. The fraction of sp³-hybridized carbons (Fsp3) is 0.417. The summed E-state index contributed by atoms with van der Waals surface area (Å²) in [5.41, 5.74) is 5.32. The van der Waals surface area contributed by atoms with Crippen molar-refractivity contribution in [1.29, 1.82) is 0 Å². The van der Waals surface area contributed by atoms with Crippen LogP contribution in [0.5, 0.6) is 0 Å². The summed E-state index contributed by atoms with van der Waals surface area (Å²) in [6.07, 6.45) is 2.11. The highest BCUT2D eigenvalue weighted by atomic mass is 19.1. The molecule has 0 amide bonds. The molecule has 2 rings (SSSR count). The lowest BCUT2D eigenvalue weighted by Gasteiger charge is -2.12. The maximum atomic E-state index is 13.7. The van der Waals surface area contributed by atoms with Gasteiger partial charge in [0.1, 0.15) is 11.6 Å². The highest BCUT2D eigenvalue weighted by Crippen LogP contribution is 2.35. The number of carboxylic acid groups (broad SMARTS) is 1. The van der Waals surface area contributed by atoms with Gasteiger partial charge in [0.15, 0.2) is 0 Å². The molecule has 1 aliphatic carbocycles. The lowest BCUT2D eigenvalue weighted by molar-refractivity contribution is 0.0691. The topological polar surface area (TPSA) is 63.3 Å². The molecule has 17 heavy (non-hydrogen) atoms. The smallest absolute Gasteiger partial charge is 0.338 e. The predicted molar refractivity (Wildman–Crippen MR) is 57.9 cm³/mol.